The van der Waals surface area contributed by atoms with Crippen LogP contribution in [0, 0.1) is 0 Å². The Labute approximate surface area is 117 Å². The molecule has 0 aromatic carbocycles. The van der Waals surface area contributed by atoms with Gasteiger partial charge < -0.3 is 5.73 Å². The van der Waals surface area contributed by atoms with Crippen LogP contribution in [0.2, 0.25) is 0 Å². The summed E-state index contributed by atoms with van der Waals surface area (Å²) in [6.45, 7) is 2.17. The smallest absolute Gasteiger partial charge is 0.309 e. The molecule has 7 nitrogen and oxygen atoms in total. The Kier molecular flexibility index (Phi) is 4.86. The molecular weight excluding hydrogens is 256 g/mol. The van der Waals surface area contributed by atoms with E-state index in [0.717, 1.165) is 12.8 Å². The van der Waals surface area contributed by atoms with E-state index in [-0.39, 0.29) is 11.9 Å². The number of unbranched alkanes of at least 4 members (excludes halogenated alkanes) is 4. The van der Waals surface area contributed by atoms with E-state index in [1.54, 1.807) is 6.33 Å². The van der Waals surface area contributed by atoms with Crippen LogP contribution in [0.4, 0.5) is 11.8 Å². The number of hydrogen-bond donors (Lipinski definition) is 3. The number of amides is 1. The highest BCUT2D eigenvalue weighted by Gasteiger charge is 2.15. The van der Waals surface area contributed by atoms with E-state index in [1.807, 2.05) is 0 Å². The molecule has 2 rings (SSSR count). The molecule has 0 aliphatic carbocycles. The topological polar surface area (TPSA) is 111 Å². The van der Waals surface area contributed by atoms with Crippen LogP contribution in [0.15, 0.2) is 6.33 Å². The molecule has 1 amide bonds. The molecule has 0 atom stereocenters. The number of imidazole rings is 1. The van der Waals surface area contributed by atoms with Gasteiger partial charge in [0.2, 0.25) is 11.4 Å². The van der Waals surface area contributed by atoms with Gasteiger partial charge in [-0.3, -0.25) is 15.1 Å². The second-order valence-electron chi connectivity index (χ2n) is 4.80. The molecule has 0 unspecified atom stereocenters. The quantitative estimate of drug-likeness (QED) is 0.668. The predicted octanol–water partition coefficient (Wildman–Crippen LogP) is 1.65. The van der Waals surface area contributed by atoms with Crippen LogP contribution >= 0.6 is 0 Å². The minimum atomic E-state index is -0.0733. The number of nitrogen functional groups attached to an aromatic ring is 1. The molecule has 5 N–H and O–H groups in total. The van der Waals surface area contributed by atoms with Crippen molar-refractivity contribution in [3.63, 3.8) is 0 Å². The standard InChI is InChI=1S/C13H20N6O/c1-2-3-4-5-6-7-9(20)17-13-18-11(14)10-12(19-13)16-8-15-10/h8H,2-7H2,1H3,(H4,14,15,16,17,18,19,20)/p+1. The number of hydrogen-bond acceptors (Lipinski definition) is 4. The normalized spacial score (nSPS) is 10.8. The van der Waals surface area contributed by atoms with Crippen molar-refractivity contribution in [1.82, 2.24) is 15.0 Å². The molecule has 2 aromatic heterocycles. The maximum Gasteiger partial charge on any atom is 0.309 e. The zero-order valence-electron chi connectivity index (χ0n) is 11.7. The van der Waals surface area contributed by atoms with E-state index in [1.165, 1.54) is 19.3 Å². The average Bonchev–Trinajstić information content (AvgIpc) is 2.87. The summed E-state index contributed by atoms with van der Waals surface area (Å²) in [6, 6.07) is 0. The predicted molar refractivity (Wildman–Crippen MR) is 76.9 cm³/mol. The molecular formula is C13H21N6O+. The van der Waals surface area contributed by atoms with Crippen LogP contribution in [-0.2, 0) is 4.79 Å². The number of aromatic nitrogens is 4. The van der Waals surface area contributed by atoms with Gasteiger partial charge >= 0.3 is 11.6 Å². The number of nitrogens with zero attached hydrogens (tertiary/aromatic N) is 2. The number of nitrogens with one attached hydrogen (secondary N) is 3. The molecule has 7 heteroatoms. The molecule has 108 valence electrons. The number of rotatable bonds is 7. The lowest BCUT2D eigenvalue weighted by atomic mass is 10.1. The van der Waals surface area contributed by atoms with Gasteiger partial charge in [0, 0.05) is 6.42 Å². The fourth-order valence-corrected chi connectivity index (χ4v) is 2.03. The summed E-state index contributed by atoms with van der Waals surface area (Å²) in [4.78, 5) is 25.8. The molecule has 0 spiro atoms. The van der Waals surface area contributed by atoms with Gasteiger partial charge in [0.05, 0.1) is 0 Å². The van der Waals surface area contributed by atoms with E-state index in [4.69, 9.17) is 5.73 Å². The van der Waals surface area contributed by atoms with Crippen molar-refractivity contribution in [2.24, 2.45) is 0 Å². The number of fused-ring (bicyclic) bond motifs is 1. The van der Waals surface area contributed by atoms with E-state index in [0.29, 0.717) is 23.4 Å². The van der Waals surface area contributed by atoms with Gasteiger partial charge in [-0.2, -0.15) is 4.98 Å². The number of anilines is 2. The molecule has 0 saturated heterocycles. The molecule has 0 fully saturated rings. The van der Waals surface area contributed by atoms with E-state index < -0.39 is 0 Å². The Bertz CT molecular complexity index is 579. The third kappa shape index (κ3) is 3.66. The molecule has 2 aromatic rings. The first-order valence-electron chi connectivity index (χ1n) is 7.03. The molecule has 2 heterocycles. The van der Waals surface area contributed by atoms with Crippen molar-refractivity contribution in [3.05, 3.63) is 6.33 Å². The Hall–Kier alpha value is -2.18. The number of carbonyl (C=O) groups excluding carboxylic acids is 1. The Balaban J connectivity index is 1.86. The van der Waals surface area contributed by atoms with Crippen LogP contribution in [0.3, 0.4) is 0 Å². The van der Waals surface area contributed by atoms with E-state index in [9.17, 15) is 4.79 Å². The third-order valence-corrected chi connectivity index (χ3v) is 3.12. The lowest BCUT2D eigenvalue weighted by Gasteiger charge is -2.02. The Morgan fingerprint density at radius 3 is 2.95 bits per heavy atom. The molecule has 0 saturated carbocycles. The first-order valence-corrected chi connectivity index (χ1v) is 7.03. The van der Waals surface area contributed by atoms with Crippen molar-refractivity contribution in [2.45, 2.75) is 45.4 Å². The number of aromatic amines is 2. The fraction of sp³-hybridized carbons (Fsp3) is 0.538. The zero-order chi connectivity index (χ0) is 14.4. The third-order valence-electron chi connectivity index (χ3n) is 3.12. The maximum absolute atomic E-state index is 11.8. The summed E-state index contributed by atoms with van der Waals surface area (Å²) in [5, 5.41) is 2.68. The van der Waals surface area contributed by atoms with Crippen molar-refractivity contribution in [2.75, 3.05) is 11.1 Å². The maximum atomic E-state index is 11.8. The fourth-order valence-electron chi connectivity index (χ4n) is 2.03. The van der Waals surface area contributed by atoms with Crippen LogP contribution in [0.1, 0.15) is 45.4 Å². The summed E-state index contributed by atoms with van der Waals surface area (Å²) >= 11 is 0. The highest BCUT2D eigenvalue weighted by Crippen LogP contribution is 2.13. The van der Waals surface area contributed by atoms with Gasteiger partial charge in [0.1, 0.15) is 0 Å². The summed E-state index contributed by atoms with van der Waals surface area (Å²) in [5.74, 6) is 0.481. The highest BCUT2D eigenvalue weighted by atomic mass is 16.1. The van der Waals surface area contributed by atoms with Gasteiger partial charge in [-0.15, -0.1) is 0 Å². The van der Waals surface area contributed by atoms with E-state index in [2.05, 4.69) is 32.2 Å². The van der Waals surface area contributed by atoms with Crippen molar-refractivity contribution in [1.29, 1.82) is 0 Å². The van der Waals surface area contributed by atoms with Gasteiger partial charge in [0.25, 0.3) is 0 Å². The Morgan fingerprint density at radius 2 is 2.15 bits per heavy atom. The lowest BCUT2D eigenvalue weighted by Crippen LogP contribution is -2.15. The molecule has 0 aliphatic rings. The first kappa shape index (κ1) is 14.2. The first-order chi connectivity index (χ1) is 9.70. The minimum Gasteiger partial charge on any atom is -0.380 e. The second-order valence-corrected chi connectivity index (χ2v) is 4.80. The Morgan fingerprint density at radius 1 is 1.35 bits per heavy atom. The monoisotopic (exact) mass is 277 g/mol. The van der Waals surface area contributed by atoms with Crippen LogP contribution in [-0.4, -0.2) is 20.9 Å². The second kappa shape index (κ2) is 6.83. The summed E-state index contributed by atoms with van der Waals surface area (Å²) in [6.07, 6.45) is 7.68. The lowest BCUT2D eigenvalue weighted by molar-refractivity contribution is -0.347. The molecule has 20 heavy (non-hydrogen) atoms. The average molecular weight is 277 g/mol. The summed E-state index contributed by atoms with van der Waals surface area (Å²) < 4.78 is 0. The molecule has 0 bridgehead atoms. The van der Waals surface area contributed by atoms with Gasteiger partial charge in [0.15, 0.2) is 12.1 Å². The zero-order valence-corrected chi connectivity index (χ0v) is 11.7. The largest absolute Gasteiger partial charge is 0.380 e. The summed E-state index contributed by atoms with van der Waals surface area (Å²) in [5.41, 5.74) is 7.00. The van der Waals surface area contributed by atoms with Crippen LogP contribution < -0.4 is 16.0 Å². The van der Waals surface area contributed by atoms with Crippen molar-refractivity contribution < 1.29 is 9.78 Å². The minimum absolute atomic E-state index is 0.0733. The number of nitrogens with two attached hydrogens (primary N) is 1. The SMILES string of the molecule is CCCCCCCC(=O)Nc1nc(N)c2[nH]c[nH+]c2n1. The van der Waals surface area contributed by atoms with Gasteiger partial charge in [-0.1, -0.05) is 37.6 Å². The van der Waals surface area contributed by atoms with Gasteiger partial charge in [-0.05, 0) is 6.42 Å². The van der Waals surface area contributed by atoms with Crippen molar-refractivity contribution >= 4 is 28.8 Å². The van der Waals surface area contributed by atoms with Crippen LogP contribution in [0.5, 0.6) is 0 Å². The molecule has 0 aliphatic heterocycles. The molecule has 0 radical (unpaired) electrons. The summed E-state index contributed by atoms with van der Waals surface area (Å²) in [7, 11) is 0. The van der Waals surface area contributed by atoms with Crippen molar-refractivity contribution in [3.8, 4) is 0 Å². The van der Waals surface area contributed by atoms with E-state index >= 15 is 0 Å². The highest BCUT2D eigenvalue weighted by molar-refractivity contribution is 5.90. The van der Waals surface area contributed by atoms with Gasteiger partial charge in [-0.25, -0.2) is 4.98 Å². The number of carbonyl (C=O) groups is 1. The number of H-pyrrole nitrogens is 2. The van der Waals surface area contributed by atoms with Crippen LogP contribution in [0.25, 0.3) is 11.2 Å².